The highest BCUT2D eigenvalue weighted by Crippen LogP contribution is 2.19. The topological polar surface area (TPSA) is 124 Å². The predicted molar refractivity (Wildman–Crippen MR) is 94.1 cm³/mol. The molecule has 2 heterocycles. The first-order chi connectivity index (χ1) is 12.2. The van der Waals surface area contributed by atoms with Crippen LogP contribution in [0.4, 0.5) is 0 Å². The van der Waals surface area contributed by atoms with Crippen molar-refractivity contribution in [1.82, 2.24) is 30.3 Å². The zero-order valence-electron chi connectivity index (χ0n) is 13.0. The van der Waals surface area contributed by atoms with Crippen LogP contribution in [0.3, 0.4) is 0 Å². The van der Waals surface area contributed by atoms with Crippen LogP contribution in [-0.4, -0.2) is 42.7 Å². The number of nitrogens with zero attached hydrogens (tertiary/aromatic N) is 6. The molecule has 0 unspecified atom stereocenters. The van der Waals surface area contributed by atoms with E-state index in [2.05, 4.69) is 30.7 Å². The maximum absolute atomic E-state index is 11.8. The molecule has 1 amide bonds. The number of amides is 1. The first-order valence-corrected chi connectivity index (χ1v) is 8.19. The Balaban J connectivity index is 1.54. The van der Waals surface area contributed by atoms with Crippen LogP contribution in [0.5, 0.6) is 0 Å². The molecule has 0 bridgehead atoms. The number of nitrogens with two attached hydrogens (primary N) is 1. The number of hydrazone groups is 1. The Labute approximate surface area is 147 Å². The summed E-state index contributed by atoms with van der Waals surface area (Å²) in [4.78, 5) is 19.9. The molecular weight excluding hydrogens is 340 g/mol. The number of carbonyl (C=O) groups excluding carboxylic acids is 1. The second-order valence-electron chi connectivity index (χ2n) is 4.76. The van der Waals surface area contributed by atoms with Crippen LogP contribution >= 0.6 is 11.8 Å². The molecule has 10 heteroatoms. The molecule has 0 saturated carbocycles. The van der Waals surface area contributed by atoms with E-state index in [0.29, 0.717) is 16.7 Å². The summed E-state index contributed by atoms with van der Waals surface area (Å²) in [6.07, 6.45) is 6.19. The van der Waals surface area contributed by atoms with Crippen molar-refractivity contribution in [3.63, 3.8) is 0 Å². The lowest BCUT2D eigenvalue weighted by Gasteiger charge is -2.02. The maximum atomic E-state index is 11.8. The molecular formula is C15H14N8OS. The lowest BCUT2D eigenvalue weighted by atomic mass is 10.2. The molecule has 0 atom stereocenters. The summed E-state index contributed by atoms with van der Waals surface area (Å²) in [7, 11) is 0. The van der Waals surface area contributed by atoms with Gasteiger partial charge in [-0.3, -0.25) is 9.78 Å². The van der Waals surface area contributed by atoms with Gasteiger partial charge in [-0.05, 0) is 5.56 Å². The van der Waals surface area contributed by atoms with Crippen molar-refractivity contribution >= 4 is 23.9 Å². The van der Waals surface area contributed by atoms with Crippen LogP contribution < -0.4 is 11.3 Å². The molecule has 1 aromatic carbocycles. The number of benzene rings is 1. The quantitative estimate of drug-likeness (QED) is 0.289. The van der Waals surface area contributed by atoms with Crippen molar-refractivity contribution in [2.75, 3.05) is 11.6 Å². The van der Waals surface area contributed by atoms with E-state index in [4.69, 9.17) is 5.84 Å². The molecule has 3 rings (SSSR count). The van der Waals surface area contributed by atoms with Crippen molar-refractivity contribution < 1.29 is 4.79 Å². The first-order valence-electron chi connectivity index (χ1n) is 7.20. The maximum Gasteiger partial charge on any atom is 0.250 e. The molecule has 3 aromatic rings. The lowest BCUT2D eigenvalue weighted by Crippen LogP contribution is -2.20. The van der Waals surface area contributed by atoms with Crippen molar-refractivity contribution in [2.24, 2.45) is 5.10 Å². The van der Waals surface area contributed by atoms with E-state index in [0.717, 1.165) is 17.3 Å². The van der Waals surface area contributed by atoms with Gasteiger partial charge in [0.2, 0.25) is 11.0 Å². The van der Waals surface area contributed by atoms with Crippen LogP contribution in [0.15, 0.2) is 59.2 Å². The predicted octanol–water partition coefficient (Wildman–Crippen LogP) is 0.691. The van der Waals surface area contributed by atoms with Gasteiger partial charge in [0, 0.05) is 12.4 Å². The third-order valence-electron chi connectivity index (χ3n) is 2.99. The summed E-state index contributed by atoms with van der Waals surface area (Å²) in [6.45, 7) is 0. The van der Waals surface area contributed by atoms with Crippen LogP contribution in [-0.2, 0) is 4.79 Å². The average Bonchev–Trinajstić information content (AvgIpc) is 3.02. The number of rotatable bonds is 6. The minimum Gasteiger partial charge on any atom is -0.335 e. The molecule has 0 saturated heterocycles. The number of aromatic nitrogens is 5. The van der Waals surface area contributed by atoms with Crippen molar-refractivity contribution in [3.05, 3.63) is 54.5 Å². The van der Waals surface area contributed by atoms with Crippen molar-refractivity contribution in [3.8, 4) is 11.5 Å². The van der Waals surface area contributed by atoms with Crippen LogP contribution in [0.25, 0.3) is 11.5 Å². The van der Waals surface area contributed by atoms with Crippen LogP contribution in [0.2, 0.25) is 0 Å². The summed E-state index contributed by atoms with van der Waals surface area (Å²) in [6, 6.07) is 9.46. The van der Waals surface area contributed by atoms with Crippen molar-refractivity contribution in [1.29, 1.82) is 0 Å². The molecule has 9 nitrogen and oxygen atoms in total. The molecule has 3 N–H and O–H groups in total. The van der Waals surface area contributed by atoms with Gasteiger partial charge >= 0.3 is 0 Å². The van der Waals surface area contributed by atoms with E-state index in [1.54, 1.807) is 12.4 Å². The zero-order chi connectivity index (χ0) is 17.5. The number of hydrogen-bond donors (Lipinski definition) is 2. The number of thioether (sulfide) groups is 1. The van der Waals surface area contributed by atoms with E-state index < -0.39 is 0 Å². The highest BCUT2D eigenvalue weighted by Gasteiger charge is 2.14. The summed E-state index contributed by atoms with van der Waals surface area (Å²) < 4.78 is 1.27. The van der Waals surface area contributed by atoms with Crippen LogP contribution in [0, 0.1) is 0 Å². The molecule has 2 aromatic heterocycles. The lowest BCUT2D eigenvalue weighted by molar-refractivity contribution is -0.118. The smallest absolute Gasteiger partial charge is 0.250 e. The van der Waals surface area contributed by atoms with Gasteiger partial charge in [0.1, 0.15) is 5.69 Å². The summed E-state index contributed by atoms with van der Waals surface area (Å²) in [5.74, 6) is 6.14. The number of hydrogen-bond acceptors (Lipinski definition) is 8. The summed E-state index contributed by atoms with van der Waals surface area (Å²) in [5.41, 5.74) is 3.84. The van der Waals surface area contributed by atoms with Gasteiger partial charge in [0.15, 0.2) is 0 Å². The Morgan fingerprint density at radius 3 is 2.88 bits per heavy atom. The second kappa shape index (κ2) is 8.02. The van der Waals surface area contributed by atoms with Gasteiger partial charge in [0.05, 0.1) is 18.2 Å². The zero-order valence-corrected chi connectivity index (χ0v) is 13.8. The Bertz CT molecular complexity index is 866. The first kappa shape index (κ1) is 16.6. The molecule has 0 aliphatic carbocycles. The third-order valence-corrected chi connectivity index (χ3v) is 3.93. The van der Waals surface area contributed by atoms with Gasteiger partial charge in [-0.2, -0.15) is 5.10 Å². The molecule has 0 aliphatic heterocycles. The molecule has 126 valence electrons. The molecule has 25 heavy (non-hydrogen) atoms. The Kier molecular flexibility index (Phi) is 5.32. The normalized spacial score (nSPS) is 10.9. The fraction of sp³-hybridized carbons (Fsp3) is 0.0667. The fourth-order valence-electron chi connectivity index (χ4n) is 1.84. The highest BCUT2D eigenvalue weighted by atomic mass is 32.2. The summed E-state index contributed by atoms with van der Waals surface area (Å²) >= 11 is 1.15. The van der Waals surface area contributed by atoms with E-state index >= 15 is 0 Å². The van der Waals surface area contributed by atoms with Gasteiger partial charge in [-0.25, -0.2) is 15.1 Å². The molecule has 0 aliphatic rings. The van der Waals surface area contributed by atoms with E-state index in [-0.39, 0.29) is 11.7 Å². The minimum atomic E-state index is -0.277. The standard InChI is InChI=1S/C15H14N8OS/c16-23-14(12-9-17-6-7-18-12)21-22-15(23)25-10-13(24)20-19-8-11-4-2-1-3-5-11/h1-9H,10,16H2,(H,20,24)/b19-8+. The van der Waals surface area contributed by atoms with Gasteiger partial charge < -0.3 is 5.84 Å². The van der Waals surface area contributed by atoms with Gasteiger partial charge in [0.25, 0.3) is 5.91 Å². The largest absolute Gasteiger partial charge is 0.335 e. The molecule has 0 fully saturated rings. The minimum absolute atomic E-state index is 0.0991. The highest BCUT2D eigenvalue weighted by molar-refractivity contribution is 7.99. The Hall–Kier alpha value is -3.27. The van der Waals surface area contributed by atoms with Crippen molar-refractivity contribution in [2.45, 2.75) is 5.16 Å². The van der Waals surface area contributed by atoms with Gasteiger partial charge in [-0.1, -0.05) is 42.1 Å². The average molecular weight is 354 g/mol. The Morgan fingerprint density at radius 1 is 1.28 bits per heavy atom. The number of nitrogen functional groups attached to an aromatic ring is 1. The monoisotopic (exact) mass is 354 g/mol. The van der Waals surface area contributed by atoms with Crippen LogP contribution in [0.1, 0.15) is 5.56 Å². The summed E-state index contributed by atoms with van der Waals surface area (Å²) in [5, 5.41) is 12.2. The molecule has 0 spiro atoms. The van der Waals surface area contributed by atoms with Gasteiger partial charge in [-0.15, -0.1) is 10.2 Å². The fourth-order valence-corrected chi connectivity index (χ4v) is 2.49. The van der Waals surface area contributed by atoms with E-state index in [1.165, 1.54) is 17.1 Å². The second-order valence-corrected chi connectivity index (χ2v) is 5.70. The molecule has 0 radical (unpaired) electrons. The number of carbonyl (C=O) groups is 1. The van der Waals surface area contributed by atoms with E-state index in [9.17, 15) is 4.79 Å². The SMILES string of the molecule is Nn1c(SCC(=O)N/N=C/c2ccccc2)nnc1-c1cnccn1. The third kappa shape index (κ3) is 4.38. The number of nitrogens with one attached hydrogen (secondary N) is 1. The Morgan fingerprint density at radius 2 is 2.12 bits per heavy atom. The van der Waals surface area contributed by atoms with E-state index in [1.807, 2.05) is 30.3 Å².